The summed E-state index contributed by atoms with van der Waals surface area (Å²) >= 11 is 0. The summed E-state index contributed by atoms with van der Waals surface area (Å²) in [6.45, 7) is 7.34. The Kier molecular flexibility index (Phi) is 19.9. The van der Waals surface area contributed by atoms with E-state index >= 15 is 0 Å². The number of unbranched alkanes of at least 4 members (excludes halogenated alkanes) is 12. The van der Waals surface area contributed by atoms with Crippen LogP contribution in [0, 0.1) is 0 Å². The normalized spacial score (nSPS) is 12.6. The number of carbonyl (C=O) groups is 1. The zero-order valence-corrected chi connectivity index (χ0v) is 27.7. The summed E-state index contributed by atoms with van der Waals surface area (Å²) in [5, 5.41) is 10.3. The van der Waals surface area contributed by atoms with E-state index in [0.717, 1.165) is 43.3 Å². The van der Waals surface area contributed by atoms with E-state index in [9.17, 15) is 9.90 Å². The fourth-order valence-electron chi connectivity index (χ4n) is 5.14. The van der Waals surface area contributed by atoms with Crippen LogP contribution >= 0.6 is 0 Å². The zero-order chi connectivity index (χ0) is 32.5. The molecule has 45 heavy (non-hydrogen) atoms. The molecule has 6 nitrogen and oxygen atoms in total. The second-order valence-corrected chi connectivity index (χ2v) is 11.9. The third kappa shape index (κ3) is 16.9. The minimum Gasteiger partial charge on any atom is -0.507 e. The van der Waals surface area contributed by atoms with Gasteiger partial charge in [0.25, 0.3) is 0 Å². The van der Waals surface area contributed by atoms with Gasteiger partial charge in [-0.1, -0.05) is 95.4 Å². The van der Waals surface area contributed by atoms with Crippen LogP contribution in [0.2, 0.25) is 0 Å². The molecule has 0 aromatic heterocycles. The Labute approximate surface area is 272 Å². The molecule has 0 spiro atoms. The molecule has 1 atom stereocenters. The van der Waals surface area contributed by atoms with Gasteiger partial charge in [-0.2, -0.15) is 0 Å². The summed E-state index contributed by atoms with van der Waals surface area (Å²) < 4.78 is 11.8. The Hall–Kier alpha value is -3.51. The molecule has 248 valence electrons. The summed E-state index contributed by atoms with van der Waals surface area (Å²) in [4.78, 5) is 11.9. The van der Waals surface area contributed by atoms with Crippen molar-refractivity contribution >= 4 is 17.9 Å². The molecule has 2 aromatic rings. The molecular weight excluding hydrogens is 560 g/mol. The molecule has 5 N–H and O–H groups in total. The molecule has 0 fully saturated rings. The number of allylic oxidation sites excluding steroid dienone is 3. The molecular formula is C39H58N2O4. The van der Waals surface area contributed by atoms with Gasteiger partial charge >= 0.3 is 0 Å². The molecule has 0 heterocycles. The topological polar surface area (TPSA) is 108 Å². The minimum atomic E-state index is -0.351. The van der Waals surface area contributed by atoms with E-state index in [1.54, 1.807) is 24.3 Å². The van der Waals surface area contributed by atoms with Crippen molar-refractivity contribution in [2.75, 3.05) is 13.2 Å². The minimum absolute atomic E-state index is 0.148. The number of carbonyl (C=O) groups excluding carboxylic acids is 1. The molecule has 0 radical (unpaired) electrons. The van der Waals surface area contributed by atoms with Crippen molar-refractivity contribution in [3.8, 4) is 17.2 Å². The SMILES string of the molecule is C=CCCCCCCCCCOc1ccc(C(C=O)=CC(N)CCC(N)=Cc2cc(OCCCCCCCC)ccc2O)cc1. The molecule has 0 aliphatic heterocycles. The summed E-state index contributed by atoms with van der Waals surface area (Å²) in [6.07, 6.45) is 24.4. The highest BCUT2D eigenvalue weighted by atomic mass is 16.5. The van der Waals surface area contributed by atoms with Gasteiger partial charge in [-0.15, -0.1) is 6.58 Å². The molecule has 2 rings (SSSR count). The first-order chi connectivity index (χ1) is 22.0. The lowest BCUT2D eigenvalue weighted by atomic mass is 10.0. The monoisotopic (exact) mass is 618 g/mol. The summed E-state index contributed by atoms with van der Waals surface area (Å²) in [7, 11) is 0. The smallest absolute Gasteiger partial charge is 0.150 e. The highest BCUT2D eigenvalue weighted by Gasteiger charge is 2.08. The molecule has 1 unspecified atom stereocenters. The van der Waals surface area contributed by atoms with E-state index in [2.05, 4.69) is 13.5 Å². The number of hydrogen-bond donors (Lipinski definition) is 3. The van der Waals surface area contributed by atoms with E-state index in [4.69, 9.17) is 20.9 Å². The van der Waals surface area contributed by atoms with Crippen LogP contribution in [0.3, 0.4) is 0 Å². The lowest BCUT2D eigenvalue weighted by molar-refractivity contribution is -0.103. The van der Waals surface area contributed by atoms with Gasteiger partial charge in [-0.05, 0) is 80.5 Å². The maximum atomic E-state index is 11.9. The number of rotatable bonds is 26. The van der Waals surface area contributed by atoms with Crippen LogP contribution in [0.15, 0.2) is 66.9 Å². The maximum absolute atomic E-state index is 11.9. The first-order valence-electron chi connectivity index (χ1n) is 17.1. The van der Waals surface area contributed by atoms with Crippen molar-refractivity contribution in [3.05, 3.63) is 78.0 Å². The molecule has 0 saturated heterocycles. The quantitative estimate of drug-likeness (QED) is 0.0419. The summed E-state index contributed by atoms with van der Waals surface area (Å²) in [5.74, 6) is 1.67. The van der Waals surface area contributed by atoms with Crippen molar-refractivity contribution in [1.82, 2.24) is 0 Å². The number of benzene rings is 2. The van der Waals surface area contributed by atoms with Crippen LogP contribution < -0.4 is 20.9 Å². The van der Waals surface area contributed by atoms with Crippen LogP contribution in [0.1, 0.15) is 121 Å². The molecule has 6 heteroatoms. The number of nitrogens with two attached hydrogens (primary N) is 2. The number of phenolic OH excluding ortho intramolecular Hbond substituents is 1. The molecule has 0 amide bonds. The average Bonchev–Trinajstić information content (AvgIpc) is 3.05. The second kappa shape index (κ2) is 23.8. The third-order valence-electron chi connectivity index (χ3n) is 7.90. The Bertz CT molecular complexity index is 1160. The third-order valence-corrected chi connectivity index (χ3v) is 7.90. The first kappa shape index (κ1) is 37.7. The zero-order valence-electron chi connectivity index (χ0n) is 27.7. The van der Waals surface area contributed by atoms with Crippen molar-refractivity contribution in [2.24, 2.45) is 11.5 Å². The first-order valence-corrected chi connectivity index (χ1v) is 17.1. The van der Waals surface area contributed by atoms with Gasteiger partial charge in [-0.25, -0.2) is 0 Å². The van der Waals surface area contributed by atoms with Crippen LogP contribution in [0.5, 0.6) is 17.2 Å². The van der Waals surface area contributed by atoms with Crippen LogP contribution in [0.25, 0.3) is 11.6 Å². The van der Waals surface area contributed by atoms with Crippen molar-refractivity contribution in [1.29, 1.82) is 0 Å². The number of phenols is 1. The van der Waals surface area contributed by atoms with Gasteiger partial charge < -0.3 is 26.0 Å². The maximum Gasteiger partial charge on any atom is 0.150 e. The predicted molar refractivity (Wildman–Crippen MR) is 189 cm³/mol. The Balaban J connectivity index is 1.77. The molecule has 0 aliphatic rings. The fourth-order valence-corrected chi connectivity index (χ4v) is 5.14. The standard InChI is InChI=1S/C39H58N2O4/c1-3-5-7-9-11-12-13-15-16-26-44-37-22-18-32(19-23-37)34(31-42)29-36(41)21-20-35(40)28-33-30-38(24-25-39(33)43)45-27-17-14-10-8-6-4-2/h3,18-19,22-25,28-31,36,43H,1,4-17,20-21,26-27,40-41H2,2H3. The Morgan fingerprint density at radius 3 is 2.04 bits per heavy atom. The number of aldehydes is 1. The van der Waals surface area contributed by atoms with Gasteiger partial charge in [-0.3, -0.25) is 4.79 Å². The lowest BCUT2D eigenvalue weighted by Gasteiger charge is -2.11. The van der Waals surface area contributed by atoms with Crippen molar-refractivity contribution in [2.45, 2.75) is 116 Å². The number of aromatic hydroxyl groups is 1. The Morgan fingerprint density at radius 2 is 1.42 bits per heavy atom. The highest BCUT2D eigenvalue weighted by molar-refractivity contribution is 6.07. The van der Waals surface area contributed by atoms with Crippen LogP contribution in [-0.2, 0) is 4.79 Å². The summed E-state index contributed by atoms with van der Waals surface area (Å²) in [6, 6.07) is 12.4. The highest BCUT2D eigenvalue weighted by Crippen LogP contribution is 2.26. The largest absolute Gasteiger partial charge is 0.507 e. The van der Waals surface area contributed by atoms with E-state index in [1.807, 2.05) is 36.4 Å². The Morgan fingerprint density at radius 1 is 0.844 bits per heavy atom. The van der Waals surface area contributed by atoms with Crippen molar-refractivity contribution < 1.29 is 19.4 Å². The van der Waals surface area contributed by atoms with Gasteiger partial charge in [0.2, 0.25) is 0 Å². The lowest BCUT2D eigenvalue weighted by Crippen LogP contribution is -2.18. The number of hydrogen-bond acceptors (Lipinski definition) is 6. The molecule has 0 bridgehead atoms. The van der Waals surface area contributed by atoms with Gasteiger partial charge in [0.1, 0.15) is 23.5 Å². The van der Waals surface area contributed by atoms with Crippen molar-refractivity contribution in [3.63, 3.8) is 0 Å². The van der Waals surface area contributed by atoms with E-state index < -0.39 is 0 Å². The second-order valence-electron chi connectivity index (χ2n) is 11.9. The van der Waals surface area contributed by atoms with Gasteiger partial charge in [0, 0.05) is 22.9 Å². The number of ether oxygens (including phenoxy) is 2. The van der Waals surface area contributed by atoms with Gasteiger partial charge in [0.05, 0.1) is 13.2 Å². The molecule has 0 aliphatic carbocycles. The van der Waals surface area contributed by atoms with Crippen LogP contribution in [-0.4, -0.2) is 30.6 Å². The summed E-state index contributed by atoms with van der Waals surface area (Å²) in [5.41, 5.74) is 15.2. The average molecular weight is 619 g/mol. The van der Waals surface area contributed by atoms with E-state index in [-0.39, 0.29) is 11.8 Å². The molecule has 0 saturated carbocycles. The van der Waals surface area contributed by atoms with Crippen LogP contribution in [0.4, 0.5) is 0 Å². The van der Waals surface area contributed by atoms with E-state index in [1.165, 1.54) is 64.2 Å². The predicted octanol–water partition coefficient (Wildman–Crippen LogP) is 9.51. The van der Waals surface area contributed by atoms with Gasteiger partial charge in [0.15, 0.2) is 0 Å². The fraction of sp³-hybridized carbons (Fsp3) is 0.513. The van der Waals surface area contributed by atoms with E-state index in [0.29, 0.717) is 48.6 Å². The molecule has 2 aromatic carbocycles.